The van der Waals surface area contributed by atoms with E-state index in [0.717, 1.165) is 45.3 Å². The molecule has 1 heterocycles. The first-order valence-electron chi connectivity index (χ1n) is 8.31. The van der Waals surface area contributed by atoms with E-state index in [2.05, 4.69) is 38.0 Å². The fourth-order valence-corrected chi connectivity index (χ4v) is 2.73. The van der Waals surface area contributed by atoms with Gasteiger partial charge in [-0.25, -0.2) is 4.79 Å². The van der Waals surface area contributed by atoms with Gasteiger partial charge in [0.25, 0.3) is 0 Å². The zero-order chi connectivity index (χ0) is 15.0. The summed E-state index contributed by atoms with van der Waals surface area (Å²) in [6, 6.07) is 1.20. The molecule has 0 spiro atoms. The van der Waals surface area contributed by atoms with Crippen LogP contribution < -0.4 is 5.32 Å². The monoisotopic (exact) mass is 283 g/mol. The minimum Gasteiger partial charge on any atom is -0.338 e. The number of amides is 2. The van der Waals surface area contributed by atoms with Crippen molar-refractivity contribution in [1.29, 1.82) is 0 Å². The van der Waals surface area contributed by atoms with Crippen LogP contribution in [-0.2, 0) is 0 Å². The van der Waals surface area contributed by atoms with Crippen LogP contribution in [0.2, 0.25) is 0 Å². The predicted octanol–water partition coefficient (Wildman–Crippen LogP) is 3.08. The van der Waals surface area contributed by atoms with Crippen LogP contribution in [0.3, 0.4) is 0 Å². The predicted molar refractivity (Wildman–Crippen MR) is 85.0 cm³/mol. The molecule has 1 unspecified atom stereocenters. The summed E-state index contributed by atoms with van der Waals surface area (Å²) in [7, 11) is 2.16. The summed E-state index contributed by atoms with van der Waals surface area (Å²) in [6.45, 7) is 9.44. The van der Waals surface area contributed by atoms with Crippen LogP contribution in [0.25, 0.3) is 0 Å². The summed E-state index contributed by atoms with van der Waals surface area (Å²) in [6.07, 6.45) is 6.88. The first kappa shape index (κ1) is 17.3. The quantitative estimate of drug-likeness (QED) is 0.729. The molecular formula is C16H33N3O. The van der Waals surface area contributed by atoms with E-state index in [9.17, 15) is 4.79 Å². The molecule has 0 aromatic carbocycles. The molecule has 1 saturated heterocycles. The SMILES string of the molecule is CCC1CCCCN1C(=O)NCCCCN(C)C(C)C. The topological polar surface area (TPSA) is 35.6 Å². The Morgan fingerprint density at radius 3 is 2.75 bits per heavy atom. The maximum absolute atomic E-state index is 12.2. The lowest BCUT2D eigenvalue weighted by atomic mass is 10.0. The van der Waals surface area contributed by atoms with Gasteiger partial charge in [0.2, 0.25) is 0 Å². The van der Waals surface area contributed by atoms with Gasteiger partial charge in [0.05, 0.1) is 0 Å². The van der Waals surface area contributed by atoms with Crippen LogP contribution in [-0.4, -0.2) is 54.6 Å². The Kier molecular flexibility index (Phi) is 7.97. The van der Waals surface area contributed by atoms with Crippen molar-refractivity contribution < 1.29 is 4.79 Å². The van der Waals surface area contributed by atoms with Gasteiger partial charge in [-0.1, -0.05) is 6.92 Å². The van der Waals surface area contributed by atoms with Crippen molar-refractivity contribution in [2.75, 3.05) is 26.7 Å². The summed E-state index contributed by atoms with van der Waals surface area (Å²) >= 11 is 0. The Bertz CT molecular complexity index is 281. The third-order valence-electron chi connectivity index (χ3n) is 4.45. The maximum Gasteiger partial charge on any atom is 0.317 e. The molecule has 1 N–H and O–H groups in total. The van der Waals surface area contributed by atoms with Gasteiger partial charge >= 0.3 is 6.03 Å². The second kappa shape index (κ2) is 9.22. The number of rotatable bonds is 7. The molecule has 2 amide bonds. The number of unbranched alkanes of at least 4 members (excludes halogenated alkanes) is 1. The van der Waals surface area contributed by atoms with E-state index in [1.165, 1.54) is 12.8 Å². The number of hydrogen-bond donors (Lipinski definition) is 1. The Balaban J connectivity index is 2.16. The Hall–Kier alpha value is -0.770. The van der Waals surface area contributed by atoms with Crippen LogP contribution in [0.1, 0.15) is 59.3 Å². The van der Waals surface area contributed by atoms with Crippen LogP contribution in [0.5, 0.6) is 0 Å². The molecule has 0 saturated carbocycles. The molecule has 20 heavy (non-hydrogen) atoms. The number of urea groups is 1. The molecule has 0 aromatic heterocycles. The van der Waals surface area contributed by atoms with Crippen molar-refractivity contribution in [3.63, 3.8) is 0 Å². The van der Waals surface area contributed by atoms with Crippen LogP contribution >= 0.6 is 0 Å². The molecule has 1 aliphatic heterocycles. The number of nitrogens with one attached hydrogen (secondary N) is 1. The molecule has 1 aliphatic rings. The molecule has 1 fully saturated rings. The molecule has 118 valence electrons. The number of carbonyl (C=O) groups is 1. The first-order chi connectivity index (χ1) is 9.56. The number of carbonyl (C=O) groups excluding carboxylic acids is 1. The smallest absolute Gasteiger partial charge is 0.317 e. The van der Waals surface area contributed by atoms with Gasteiger partial charge in [-0.15, -0.1) is 0 Å². The fourth-order valence-electron chi connectivity index (χ4n) is 2.73. The molecule has 0 aliphatic carbocycles. The summed E-state index contributed by atoms with van der Waals surface area (Å²) in [5.41, 5.74) is 0. The van der Waals surface area contributed by atoms with Crippen molar-refractivity contribution in [3.05, 3.63) is 0 Å². The molecule has 0 bridgehead atoms. The van der Waals surface area contributed by atoms with Gasteiger partial charge in [0.1, 0.15) is 0 Å². The molecule has 4 heteroatoms. The van der Waals surface area contributed by atoms with E-state index in [0.29, 0.717) is 12.1 Å². The van der Waals surface area contributed by atoms with Crippen LogP contribution in [0, 0.1) is 0 Å². The highest BCUT2D eigenvalue weighted by molar-refractivity contribution is 5.74. The highest BCUT2D eigenvalue weighted by Gasteiger charge is 2.24. The lowest BCUT2D eigenvalue weighted by Crippen LogP contribution is -2.48. The van der Waals surface area contributed by atoms with Crippen molar-refractivity contribution in [2.24, 2.45) is 0 Å². The number of likely N-dealkylation sites (tertiary alicyclic amines) is 1. The number of hydrogen-bond acceptors (Lipinski definition) is 2. The Morgan fingerprint density at radius 2 is 2.10 bits per heavy atom. The minimum absolute atomic E-state index is 0.147. The maximum atomic E-state index is 12.2. The van der Waals surface area contributed by atoms with E-state index in [4.69, 9.17) is 0 Å². The largest absolute Gasteiger partial charge is 0.338 e. The van der Waals surface area contributed by atoms with Crippen molar-refractivity contribution in [1.82, 2.24) is 15.1 Å². The van der Waals surface area contributed by atoms with Gasteiger partial charge < -0.3 is 15.1 Å². The lowest BCUT2D eigenvalue weighted by molar-refractivity contribution is 0.148. The van der Waals surface area contributed by atoms with E-state index in [1.807, 2.05) is 4.90 Å². The zero-order valence-corrected chi connectivity index (χ0v) is 13.8. The molecule has 0 aromatic rings. The summed E-state index contributed by atoms with van der Waals surface area (Å²) in [4.78, 5) is 16.6. The molecular weight excluding hydrogens is 250 g/mol. The van der Waals surface area contributed by atoms with E-state index in [1.54, 1.807) is 0 Å². The molecule has 1 rings (SSSR count). The van der Waals surface area contributed by atoms with Gasteiger partial charge in [-0.3, -0.25) is 0 Å². The Morgan fingerprint density at radius 1 is 1.35 bits per heavy atom. The van der Waals surface area contributed by atoms with Gasteiger partial charge in [0.15, 0.2) is 0 Å². The standard InChI is InChI=1S/C16H33N3O/c1-5-15-10-6-8-13-19(15)16(20)17-11-7-9-12-18(4)14(2)3/h14-15H,5-13H2,1-4H3,(H,17,20). The molecule has 4 nitrogen and oxygen atoms in total. The van der Waals surface area contributed by atoms with Crippen molar-refractivity contribution in [2.45, 2.75) is 71.4 Å². The second-order valence-electron chi connectivity index (χ2n) is 6.26. The van der Waals surface area contributed by atoms with E-state index >= 15 is 0 Å². The van der Waals surface area contributed by atoms with Gasteiger partial charge in [-0.05, 0) is 66.0 Å². The Labute approximate surface area is 124 Å². The van der Waals surface area contributed by atoms with Gasteiger partial charge in [-0.2, -0.15) is 0 Å². The lowest BCUT2D eigenvalue weighted by Gasteiger charge is -2.35. The van der Waals surface area contributed by atoms with Crippen molar-refractivity contribution in [3.8, 4) is 0 Å². The third-order valence-corrected chi connectivity index (χ3v) is 4.45. The highest BCUT2D eigenvalue weighted by atomic mass is 16.2. The minimum atomic E-state index is 0.147. The van der Waals surface area contributed by atoms with E-state index in [-0.39, 0.29) is 6.03 Å². The highest BCUT2D eigenvalue weighted by Crippen LogP contribution is 2.19. The van der Waals surface area contributed by atoms with E-state index < -0.39 is 0 Å². The second-order valence-corrected chi connectivity index (χ2v) is 6.26. The fraction of sp³-hybridized carbons (Fsp3) is 0.938. The van der Waals surface area contributed by atoms with Crippen LogP contribution in [0.15, 0.2) is 0 Å². The number of nitrogens with zero attached hydrogens (tertiary/aromatic N) is 2. The first-order valence-corrected chi connectivity index (χ1v) is 8.31. The molecule has 0 radical (unpaired) electrons. The number of piperidine rings is 1. The molecule has 1 atom stereocenters. The summed E-state index contributed by atoms with van der Waals surface area (Å²) < 4.78 is 0. The van der Waals surface area contributed by atoms with Crippen LogP contribution in [0.4, 0.5) is 4.79 Å². The van der Waals surface area contributed by atoms with Crippen molar-refractivity contribution >= 4 is 6.03 Å². The third kappa shape index (κ3) is 5.70. The normalized spacial score (nSPS) is 19.7. The average molecular weight is 283 g/mol. The van der Waals surface area contributed by atoms with Gasteiger partial charge in [0, 0.05) is 25.2 Å². The average Bonchev–Trinajstić information content (AvgIpc) is 2.46. The zero-order valence-electron chi connectivity index (χ0n) is 13.8. The summed E-state index contributed by atoms with van der Waals surface area (Å²) in [5, 5.41) is 3.09. The summed E-state index contributed by atoms with van der Waals surface area (Å²) in [5.74, 6) is 0.